The molecule has 2 aromatic heterocycles. The number of halogens is 1. The molecule has 1 fully saturated rings. The Kier molecular flexibility index (Phi) is 5.51. The fraction of sp³-hybridized carbons (Fsp3) is 0.350. The van der Waals surface area contributed by atoms with Gasteiger partial charge in [-0.15, -0.1) is 11.3 Å². The fourth-order valence-corrected chi connectivity index (χ4v) is 5.54. The number of amides is 2. The molecule has 0 bridgehead atoms. The third-order valence-electron chi connectivity index (χ3n) is 4.96. The van der Waals surface area contributed by atoms with Crippen molar-refractivity contribution in [3.8, 4) is 0 Å². The second kappa shape index (κ2) is 8.08. The molecule has 0 saturated carbocycles. The van der Waals surface area contributed by atoms with Crippen molar-refractivity contribution >= 4 is 54.8 Å². The monoisotopic (exact) mass is 432 g/mol. The maximum Gasteiger partial charge on any atom is 0.265 e. The summed E-state index contributed by atoms with van der Waals surface area (Å²) in [4.78, 5) is 34.6. The van der Waals surface area contributed by atoms with Crippen LogP contribution in [0.25, 0.3) is 9.53 Å². The van der Waals surface area contributed by atoms with E-state index in [9.17, 15) is 14.0 Å². The van der Waals surface area contributed by atoms with Crippen molar-refractivity contribution in [2.45, 2.75) is 12.8 Å². The Morgan fingerprint density at radius 3 is 2.48 bits per heavy atom. The lowest BCUT2D eigenvalue weighted by atomic mass is 9.96. The molecular formula is C20H21FN4O2S2. The maximum atomic E-state index is 13.0. The molecule has 3 heterocycles. The number of carbonyl (C=O) groups is 2. The first-order valence-corrected chi connectivity index (χ1v) is 11.0. The average Bonchev–Trinajstić information content (AvgIpc) is 3.28. The second-order valence-electron chi connectivity index (χ2n) is 7.23. The first kappa shape index (κ1) is 19.8. The summed E-state index contributed by atoms with van der Waals surface area (Å²) in [5, 5.41) is 3.71. The number of nitrogens with one attached hydrogen (secondary N) is 1. The molecule has 0 unspecified atom stereocenters. The first-order chi connectivity index (χ1) is 13.9. The number of rotatable bonds is 4. The average molecular weight is 433 g/mol. The largest absolute Gasteiger partial charge is 0.349 e. The highest BCUT2D eigenvalue weighted by atomic mass is 32.1. The van der Waals surface area contributed by atoms with E-state index in [-0.39, 0.29) is 23.5 Å². The molecule has 0 radical (unpaired) electrons. The van der Waals surface area contributed by atoms with Crippen LogP contribution in [0.3, 0.4) is 0 Å². The van der Waals surface area contributed by atoms with Gasteiger partial charge in [-0.2, -0.15) is 0 Å². The van der Waals surface area contributed by atoms with Crippen LogP contribution in [0.15, 0.2) is 30.3 Å². The molecule has 3 aromatic rings. The summed E-state index contributed by atoms with van der Waals surface area (Å²) in [6.45, 7) is 1.62. The SMILES string of the molecule is CN(C)C(=O)C1CCN(c2nc3sc(C(=O)Nc4ccc(F)cc4)cc3s2)CC1. The zero-order chi connectivity index (χ0) is 20.5. The predicted molar refractivity (Wildman–Crippen MR) is 115 cm³/mol. The summed E-state index contributed by atoms with van der Waals surface area (Å²) in [6, 6.07) is 7.54. The number of thiophene rings is 1. The Morgan fingerprint density at radius 1 is 1.17 bits per heavy atom. The van der Waals surface area contributed by atoms with Crippen LogP contribution >= 0.6 is 22.7 Å². The zero-order valence-electron chi connectivity index (χ0n) is 16.1. The third-order valence-corrected chi connectivity index (χ3v) is 7.18. The number of anilines is 2. The summed E-state index contributed by atoms with van der Waals surface area (Å²) in [5.41, 5.74) is 0.553. The van der Waals surface area contributed by atoms with Crippen molar-refractivity contribution in [3.63, 3.8) is 0 Å². The number of aromatic nitrogens is 1. The van der Waals surface area contributed by atoms with Gasteiger partial charge in [0.15, 0.2) is 5.13 Å². The quantitative estimate of drug-likeness (QED) is 0.675. The van der Waals surface area contributed by atoms with Gasteiger partial charge in [0.1, 0.15) is 10.6 Å². The van der Waals surface area contributed by atoms with Crippen molar-refractivity contribution < 1.29 is 14.0 Å². The van der Waals surface area contributed by atoms with Gasteiger partial charge < -0.3 is 15.1 Å². The molecule has 0 aliphatic carbocycles. The number of fused-ring (bicyclic) bond motifs is 1. The Bertz CT molecular complexity index is 1010. The van der Waals surface area contributed by atoms with Crippen molar-refractivity contribution in [1.82, 2.24) is 9.88 Å². The minimum absolute atomic E-state index is 0.0871. The number of piperidine rings is 1. The van der Waals surface area contributed by atoms with Gasteiger partial charge in [0.2, 0.25) is 5.91 Å². The number of nitrogens with zero attached hydrogens (tertiary/aromatic N) is 3. The summed E-state index contributed by atoms with van der Waals surface area (Å²) in [6.07, 6.45) is 1.66. The van der Waals surface area contributed by atoms with Gasteiger partial charge >= 0.3 is 0 Å². The van der Waals surface area contributed by atoms with Crippen LogP contribution in [-0.2, 0) is 4.79 Å². The van der Waals surface area contributed by atoms with Gasteiger partial charge in [0, 0.05) is 38.8 Å². The molecule has 2 amide bonds. The Morgan fingerprint density at radius 2 is 1.86 bits per heavy atom. The minimum Gasteiger partial charge on any atom is -0.349 e. The highest BCUT2D eigenvalue weighted by Crippen LogP contribution is 2.36. The van der Waals surface area contributed by atoms with Gasteiger partial charge in [-0.05, 0) is 43.2 Å². The van der Waals surface area contributed by atoms with Gasteiger partial charge in [0.05, 0.1) is 9.58 Å². The lowest BCUT2D eigenvalue weighted by molar-refractivity contribution is -0.133. The molecule has 1 saturated heterocycles. The predicted octanol–water partition coefficient (Wildman–Crippen LogP) is 4.05. The van der Waals surface area contributed by atoms with Crippen LogP contribution in [0.2, 0.25) is 0 Å². The Balaban J connectivity index is 1.41. The molecule has 29 heavy (non-hydrogen) atoms. The number of benzene rings is 1. The van der Waals surface area contributed by atoms with Crippen molar-refractivity contribution in [2.24, 2.45) is 5.92 Å². The van der Waals surface area contributed by atoms with Gasteiger partial charge in [0.25, 0.3) is 5.91 Å². The molecule has 4 rings (SSSR count). The van der Waals surface area contributed by atoms with E-state index in [1.807, 2.05) is 6.07 Å². The number of hydrogen-bond acceptors (Lipinski definition) is 6. The Hall–Kier alpha value is -2.52. The summed E-state index contributed by atoms with van der Waals surface area (Å²) < 4.78 is 14.0. The summed E-state index contributed by atoms with van der Waals surface area (Å²) in [5.74, 6) is -0.284. The normalized spacial score (nSPS) is 14.9. The Labute approximate surface area is 176 Å². The molecule has 1 aliphatic heterocycles. The van der Waals surface area contributed by atoms with Crippen LogP contribution < -0.4 is 10.2 Å². The molecule has 0 atom stereocenters. The van der Waals surface area contributed by atoms with E-state index in [0.717, 1.165) is 40.6 Å². The number of hydrogen-bond donors (Lipinski definition) is 1. The van der Waals surface area contributed by atoms with Crippen molar-refractivity contribution in [1.29, 1.82) is 0 Å². The number of thiazole rings is 1. The van der Waals surface area contributed by atoms with Gasteiger partial charge in [-0.3, -0.25) is 9.59 Å². The molecular weight excluding hydrogens is 411 g/mol. The topological polar surface area (TPSA) is 65.5 Å². The highest BCUT2D eigenvalue weighted by molar-refractivity contribution is 7.29. The van der Waals surface area contributed by atoms with E-state index in [1.54, 1.807) is 30.3 Å². The lowest BCUT2D eigenvalue weighted by Gasteiger charge is -2.32. The maximum absolute atomic E-state index is 13.0. The molecule has 1 N–H and O–H groups in total. The van der Waals surface area contributed by atoms with Crippen LogP contribution in [0.4, 0.5) is 15.2 Å². The molecule has 1 aliphatic rings. The third kappa shape index (κ3) is 4.25. The van der Waals surface area contributed by atoms with E-state index in [2.05, 4.69) is 10.2 Å². The number of carbonyl (C=O) groups excluding carboxylic acids is 2. The van der Waals surface area contributed by atoms with Crippen molar-refractivity contribution in [2.75, 3.05) is 37.4 Å². The van der Waals surface area contributed by atoms with E-state index >= 15 is 0 Å². The molecule has 9 heteroatoms. The summed E-state index contributed by atoms with van der Waals surface area (Å²) in [7, 11) is 3.60. The highest BCUT2D eigenvalue weighted by Gasteiger charge is 2.27. The van der Waals surface area contributed by atoms with E-state index in [1.165, 1.54) is 35.6 Å². The van der Waals surface area contributed by atoms with Crippen LogP contribution in [0, 0.1) is 11.7 Å². The van der Waals surface area contributed by atoms with Crippen LogP contribution in [-0.4, -0.2) is 48.9 Å². The standard InChI is InChI=1S/C20H21FN4O2S2/c1-24(2)19(27)12-7-9-25(10-8-12)20-23-18-16(29-20)11-15(28-18)17(26)22-14-5-3-13(21)4-6-14/h3-6,11-12H,7-10H2,1-2H3,(H,22,26). The fourth-order valence-electron chi connectivity index (χ4n) is 3.38. The van der Waals surface area contributed by atoms with Gasteiger partial charge in [-0.25, -0.2) is 9.37 Å². The van der Waals surface area contributed by atoms with E-state index < -0.39 is 0 Å². The molecule has 152 valence electrons. The van der Waals surface area contributed by atoms with Crippen LogP contribution in [0.1, 0.15) is 22.5 Å². The molecule has 6 nitrogen and oxygen atoms in total. The second-order valence-corrected chi connectivity index (χ2v) is 9.27. The van der Waals surface area contributed by atoms with Gasteiger partial charge in [-0.1, -0.05) is 11.3 Å². The summed E-state index contributed by atoms with van der Waals surface area (Å²) >= 11 is 2.91. The zero-order valence-corrected chi connectivity index (χ0v) is 17.8. The molecule has 1 aromatic carbocycles. The van der Waals surface area contributed by atoms with E-state index in [4.69, 9.17) is 4.98 Å². The van der Waals surface area contributed by atoms with E-state index in [0.29, 0.717) is 10.6 Å². The minimum atomic E-state index is -0.341. The van der Waals surface area contributed by atoms with Crippen LogP contribution in [0.5, 0.6) is 0 Å². The molecule has 0 spiro atoms. The van der Waals surface area contributed by atoms with Crippen molar-refractivity contribution in [3.05, 3.63) is 41.0 Å². The smallest absolute Gasteiger partial charge is 0.265 e. The first-order valence-electron chi connectivity index (χ1n) is 9.34. The lowest BCUT2D eigenvalue weighted by Crippen LogP contribution is -2.40.